The molecule has 1 aliphatic heterocycles. The van der Waals surface area contributed by atoms with Gasteiger partial charge in [0.15, 0.2) is 0 Å². The van der Waals surface area contributed by atoms with Gasteiger partial charge in [0.05, 0.1) is 17.6 Å². The van der Waals surface area contributed by atoms with E-state index >= 15 is 0 Å². The first kappa shape index (κ1) is 16.9. The van der Waals surface area contributed by atoms with Crippen LogP contribution in [0.5, 0.6) is 0 Å². The molecule has 0 bridgehead atoms. The minimum atomic E-state index is -3.65. The second-order valence-corrected chi connectivity index (χ2v) is 8.18. The molecule has 7 heteroatoms. The average Bonchev–Trinajstić information content (AvgIpc) is 2.49. The first-order valence-electron chi connectivity index (χ1n) is 7.12. The van der Waals surface area contributed by atoms with Gasteiger partial charge in [-0.3, -0.25) is 0 Å². The molecule has 1 saturated heterocycles. The first-order chi connectivity index (χ1) is 10.2. The van der Waals surface area contributed by atoms with Crippen LogP contribution in [0.4, 0.5) is 0 Å². The maximum Gasteiger partial charge on any atom is 0.337 e. The van der Waals surface area contributed by atoms with Gasteiger partial charge in [0.25, 0.3) is 0 Å². The fourth-order valence-corrected chi connectivity index (χ4v) is 4.25. The minimum absolute atomic E-state index is 0.0275. The second-order valence-electron chi connectivity index (χ2n) is 6.24. The molecule has 1 aromatic rings. The Hall–Kier alpha value is -1.44. The quantitative estimate of drug-likeness (QED) is 0.844. The fraction of sp³-hybridized carbons (Fsp3) is 0.533. The Morgan fingerprint density at radius 2 is 2.09 bits per heavy atom. The fourth-order valence-electron chi connectivity index (χ4n) is 2.58. The Balaban J connectivity index is 2.33. The molecule has 1 unspecified atom stereocenters. The van der Waals surface area contributed by atoms with Crippen molar-refractivity contribution in [1.82, 2.24) is 4.31 Å². The topological polar surface area (TPSA) is 89.7 Å². The number of carbonyl (C=O) groups excluding carboxylic acids is 1. The van der Waals surface area contributed by atoms with Crippen molar-refractivity contribution in [2.24, 2.45) is 11.1 Å². The third-order valence-corrected chi connectivity index (χ3v) is 6.01. The highest BCUT2D eigenvalue weighted by Crippen LogP contribution is 2.31. The summed E-state index contributed by atoms with van der Waals surface area (Å²) < 4.78 is 31.6. The number of nitrogens with two attached hydrogens (primary N) is 1. The van der Waals surface area contributed by atoms with Gasteiger partial charge in [0, 0.05) is 19.1 Å². The van der Waals surface area contributed by atoms with Crippen LogP contribution in [0, 0.1) is 5.41 Å². The molecule has 122 valence electrons. The number of nitrogens with zero attached hydrogens (tertiary/aromatic N) is 1. The van der Waals surface area contributed by atoms with Crippen LogP contribution in [-0.2, 0) is 14.8 Å². The highest BCUT2D eigenvalue weighted by Gasteiger charge is 2.38. The number of esters is 1. The molecule has 1 atom stereocenters. The van der Waals surface area contributed by atoms with E-state index in [2.05, 4.69) is 4.74 Å². The highest BCUT2D eigenvalue weighted by molar-refractivity contribution is 7.89. The number of benzene rings is 1. The number of rotatable bonds is 3. The summed E-state index contributed by atoms with van der Waals surface area (Å²) in [4.78, 5) is 11.7. The first-order valence-corrected chi connectivity index (χ1v) is 8.56. The molecule has 2 rings (SSSR count). The highest BCUT2D eigenvalue weighted by atomic mass is 32.2. The summed E-state index contributed by atoms with van der Waals surface area (Å²) in [6.07, 6.45) is 0.614. The zero-order chi connectivity index (χ0) is 16.5. The number of carbonyl (C=O) groups is 1. The standard InChI is InChI=1S/C15H22N2O4S/c1-15(2)10-17(8-7-13(15)16)22(19,20)12-6-4-5-11(9-12)14(18)21-3/h4-6,9,13H,7-8,10,16H2,1-3H3. The summed E-state index contributed by atoms with van der Waals surface area (Å²) in [6, 6.07) is 5.88. The SMILES string of the molecule is COC(=O)c1cccc(S(=O)(=O)N2CCC(N)C(C)(C)C2)c1. The van der Waals surface area contributed by atoms with Crippen molar-refractivity contribution < 1.29 is 17.9 Å². The van der Waals surface area contributed by atoms with Crippen LogP contribution in [0.1, 0.15) is 30.6 Å². The molecule has 2 N–H and O–H groups in total. The Bertz CT molecular complexity index is 670. The molecule has 22 heavy (non-hydrogen) atoms. The van der Waals surface area contributed by atoms with E-state index in [1.807, 2.05) is 13.8 Å². The van der Waals surface area contributed by atoms with Crippen molar-refractivity contribution >= 4 is 16.0 Å². The summed E-state index contributed by atoms with van der Waals surface area (Å²) in [7, 11) is -2.39. The summed E-state index contributed by atoms with van der Waals surface area (Å²) in [5.74, 6) is -0.557. The van der Waals surface area contributed by atoms with Gasteiger partial charge in [-0.1, -0.05) is 19.9 Å². The van der Waals surface area contributed by atoms with Crippen molar-refractivity contribution in [3.8, 4) is 0 Å². The van der Waals surface area contributed by atoms with E-state index in [4.69, 9.17) is 5.73 Å². The van der Waals surface area contributed by atoms with Gasteiger partial charge in [-0.15, -0.1) is 0 Å². The van der Waals surface area contributed by atoms with Crippen molar-refractivity contribution in [3.05, 3.63) is 29.8 Å². The van der Waals surface area contributed by atoms with Crippen LogP contribution in [0.3, 0.4) is 0 Å². The lowest BCUT2D eigenvalue weighted by Crippen LogP contribution is -2.53. The van der Waals surface area contributed by atoms with E-state index in [1.54, 1.807) is 6.07 Å². The van der Waals surface area contributed by atoms with Crippen molar-refractivity contribution in [1.29, 1.82) is 0 Å². The molecule has 0 saturated carbocycles. The molecule has 0 spiro atoms. The normalized spacial score (nSPS) is 22.3. The minimum Gasteiger partial charge on any atom is -0.465 e. The monoisotopic (exact) mass is 326 g/mol. The van der Waals surface area contributed by atoms with E-state index in [-0.39, 0.29) is 21.9 Å². The largest absolute Gasteiger partial charge is 0.465 e. The van der Waals surface area contributed by atoms with E-state index < -0.39 is 16.0 Å². The number of methoxy groups -OCH3 is 1. The Morgan fingerprint density at radius 3 is 2.68 bits per heavy atom. The summed E-state index contributed by atoms with van der Waals surface area (Å²) in [5, 5.41) is 0. The van der Waals surface area contributed by atoms with E-state index in [0.717, 1.165) is 0 Å². The van der Waals surface area contributed by atoms with E-state index in [9.17, 15) is 13.2 Å². The molecular weight excluding hydrogens is 304 g/mol. The van der Waals surface area contributed by atoms with Crippen LogP contribution >= 0.6 is 0 Å². The number of sulfonamides is 1. The van der Waals surface area contributed by atoms with Crippen molar-refractivity contribution in [3.63, 3.8) is 0 Å². The van der Waals surface area contributed by atoms with Crippen LogP contribution < -0.4 is 5.73 Å². The number of ether oxygens (including phenoxy) is 1. The number of hydrogen-bond acceptors (Lipinski definition) is 5. The van der Waals surface area contributed by atoms with Gasteiger partial charge >= 0.3 is 5.97 Å². The third kappa shape index (κ3) is 3.16. The summed E-state index contributed by atoms with van der Waals surface area (Å²) in [5.41, 5.74) is 5.99. The Morgan fingerprint density at radius 1 is 1.41 bits per heavy atom. The Kier molecular flexibility index (Phi) is 4.60. The lowest BCUT2D eigenvalue weighted by Gasteiger charge is -2.41. The lowest BCUT2D eigenvalue weighted by molar-refractivity contribution is 0.0600. The zero-order valence-corrected chi connectivity index (χ0v) is 13.9. The van der Waals surface area contributed by atoms with Gasteiger partial charge in [-0.2, -0.15) is 4.31 Å². The summed E-state index contributed by atoms with van der Waals surface area (Å²) >= 11 is 0. The van der Waals surface area contributed by atoms with E-state index in [1.165, 1.54) is 29.6 Å². The maximum absolute atomic E-state index is 12.8. The van der Waals surface area contributed by atoms with Gasteiger partial charge < -0.3 is 10.5 Å². The summed E-state index contributed by atoms with van der Waals surface area (Å²) in [6.45, 7) is 4.67. The number of hydrogen-bond donors (Lipinski definition) is 1. The van der Waals surface area contributed by atoms with Crippen LogP contribution in [0.15, 0.2) is 29.2 Å². The predicted octanol–water partition coefficient (Wildman–Crippen LogP) is 1.22. The van der Waals surface area contributed by atoms with Crippen LogP contribution in [-0.4, -0.2) is 44.9 Å². The second kappa shape index (κ2) is 5.98. The van der Waals surface area contributed by atoms with Gasteiger partial charge in [0.1, 0.15) is 0 Å². The lowest BCUT2D eigenvalue weighted by atomic mass is 9.81. The molecule has 1 heterocycles. The molecule has 0 aromatic heterocycles. The van der Waals surface area contributed by atoms with Gasteiger partial charge in [-0.25, -0.2) is 13.2 Å². The van der Waals surface area contributed by atoms with E-state index in [0.29, 0.717) is 19.5 Å². The van der Waals surface area contributed by atoms with Crippen molar-refractivity contribution in [2.75, 3.05) is 20.2 Å². The van der Waals surface area contributed by atoms with Crippen LogP contribution in [0.2, 0.25) is 0 Å². The maximum atomic E-state index is 12.8. The molecule has 1 aromatic carbocycles. The molecule has 0 aliphatic carbocycles. The molecule has 0 amide bonds. The molecular formula is C15H22N2O4S. The zero-order valence-electron chi connectivity index (χ0n) is 13.1. The van der Waals surface area contributed by atoms with Crippen molar-refractivity contribution in [2.45, 2.75) is 31.2 Å². The van der Waals surface area contributed by atoms with Gasteiger partial charge in [0.2, 0.25) is 10.0 Å². The molecule has 0 radical (unpaired) electrons. The number of piperidine rings is 1. The Labute approximate surface area is 131 Å². The predicted molar refractivity (Wildman–Crippen MR) is 82.9 cm³/mol. The molecule has 6 nitrogen and oxygen atoms in total. The third-order valence-electron chi connectivity index (χ3n) is 4.17. The molecule has 1 aliphatic rings. The smallest absolute Gasteiger partial charge is 0.337 e. The average molecular weight is 326 g/mol. The van der Waals surface area contributed by atoms with Gasteiger partial charge in [-0.05, 0) is 30.0 Å². The molecule has 1 fully saturated rings. The van der Waals surface area contributed by atoms with Crippen LogP contribution in [0.25, 0.3) is 0 Å².